The zero-order valence-electron chi connectivity index (χ0n) is 12.6. The van der Waals surface area contributed by atoms with Crippen LogP contribution in [0.5, 0.6) is 11.5 Å². The van der Waals surface area contributed by atoms with Crippen LogP contribution in [0, 0.1) is 0 Å². The Morgan fingerprint density at radius 3 is 2.50 bits per heavy atom. The first kappa shape index (κ1) is 15.2. The molecule has 1 fully saturated rings. The fraction of sp³-hybridized carbons (Fsp3) is 0.647. The monoisotopic (exact) mass is 277 g/mol. The van der Waals surface area contributed by atoms with Crippen molar-refractivity contribution in [1.29, 1.82) is 0 Å². The molecule has 1 saturated heterocycles. The smallest absolute Gasteiger partial charge is 0.122 e. The van der Waals surface area contributed by atoms with E-state index in [1.165, 1.54) is 45.3 Å². The molecule has 112 valence electrons. The largest absolute Gasteiger partial charge is 0.494 e. The van der Waals surface area contributed by atoms with Gasteiger partial charge in [0.15, 0.2) is 0 Å². The van der Waals surface area contributed by atoms with E-state index in [-0.39, 0.29) is 0 Å². The van der Waals surface area contributed by atoms with Crippen LogP contribution < -0.4 is 9.47 Å². The summed E-state index contributed by atoms with van der Waals surface area (Å²) < 4.78 is 11.3. The first-order chi connectivity index (χ1) is 9.88. The van der Waals surface area contributed by atoms with Crippen LogP contribution in [0.1, 0.15) is 39.0 Å². The Kier molecular flexibility index (Phi) is 6.72. The van der Waals surface area contributed by atoms with Gasteiger partial charge in [0.05, 0.1) is 13.2 Å². The lowest BCUT2D eigenvalue weighted by molar-refractivity contribution is 0.216. The van der Waals surface area contributed by atoms with Gasteiger partial charge >= 0.3 is 0 Å². The molecule has 3 nitrogen and oxygen atoms in total. The Labute approximate surface area is 122 Å². The number of hydrogen-bond donors (Lipinski definition) is 0. The van der Waals surface area contributed by atoms with E-state index in [1.54, 1.807) is 0 Å². The lowest BCUT2D eigenvalue weighted by Crippen LogP contribution is -2.30. The number of ether oxygens (including phenoxy) is 2. The Bertz CT molecular complexity index is 375. The minimum absolute atomic E-state index is 0.694. The Morgan fingerprint density at radius 1 is 1.00 bits per heavy atom. The minimum atomic E-state index is 0.694. The lowest BCUT2D eigenvalue weighted by atomic mass is 10.1. The molecule has 2 rings (SSSR count). The van der Waals surface area contributed by atoms with Gasteiger partial charge < -0.3 is 14.4 Å². The second kappa shape index (κ2) is 8.85. The van der Waals surface area contributed by atoms with Crippen LogP contribution in [0.2, 0.25) is 0 Å². The molecule has 1 heterocycles. The van der Waals surface area contributed by atoms with E-state index in [2.05, 4.69) is 4.90 Å². The fourth-order valence-electron chi connectivity index (χ4n) is 2.63. The number of hydrogen-bond acceptors (Lipinski definition) is 3. The maximum absolute atomic E-state index is 5.78. The molecule has 0 bridgehead atoms. The molecule has 0 unspecified atom stereocenters. The van der Waals surface area contributed by atoms with Crippen molar-refractivity contribution < 1.29 is 9.47 Å². The predicted molar refractivity (Wildman–Crippen MR) is 82.6 cm³/mol. The molecule has 0 aliphatic carbocycles. The molecule has 0 spiro atoms. The second-order valence-electron chi connectivity index (χ2n) is 5.37. The molecule has 0 aromatic heterocycles. The van der Waals surface area contributed by atoms with Crippen molar-refractivity contribution in [2.75, 3.05) is 32.8 Å². The van der Waals surface area contributed by atoms with Gasteiger partial charge in [-0.15, -0.1) is 0 Å². The highest BCUT2D eigenvalue weighted by Crippen LogP contribution is 2.19. The summed E-state index contributed by atoms with van der Waals surface area (Å²) in [5.41, 5.74) is 0. The van der Waals surface area contributed by atoms with Crippen molar-refractivity contribution >= 4 is 0 Å². The van der Waals surface area contributed by atoms with Crippen molar-refractivity contribution in [3.8, 4) is 11.5 Å². The minimum Gasteiger partial charge on any atom is -0.494 e. The first-order valence-electron chi connectivity index (χ1n) is 7.96. The molecule has 3 heteroatoms. The van der Waals surface area contributed by atoms with Gasteiger partial charge in [0.1, 0.15) is 11.5 Å². The summed E-state index contributed by atoms with van der Waals surface area (Å²) in [6.07, 6.45) is 6.51. The molecular weight excluding hydrogens is 250 g/mol. The average Bonchev–Trinajstić information content (AvgIpc) is 2.49. The number of likely N-dealkylation sites (tertiary alicyclic amines) is 1. The van der Waals surface area contributed by atoms with E-state index in [0.29, 0.717) is 6.61 Å². The Morgan fingerprint density at radius 2 is 1.75 bits per heavy atom. The Hall–Kier alpha value is -1.22. The standard InChI is InChI=1S/C17H27NO2/c1-2-19-16-9-8-10-17(15-16)20-14-7-6-13-18-11-4-3-5-12-18/h8-10,15H,2-7,11-14H2,1H3. The molecule has 0 radical (unpaired) electrons. The maximum Gasteiger partial charge on any atom is 0.122 e. The number of piperidine rings is 1. The van der Waals surface area contributed by atoms with E-state index in [0.717, 1.165) is 24.5 Å². The van der Waals surface area contributed by atoms with Crippen molar-refractivity contribution in [2.24, 2.45) is 0 Å². The quantitative estimate of drug-likeness (QED) is 0.676. The Balaban J connectivity index is 1.59. The van der Waals surface area contributed by atoms with Gasteiger partial charge in [-0.2, -0.15) is 0 Å². The van der Waals surface area contributed by atoms with Crippen molar-refractivity contribution in [2.45, 2.75) is 39.0 Å². The summed E-state index contributed by atoms with van der Waals surface area (Å²) in [6, 6.07) is 7.90. The van der Waals surface area contributed by atoms with E-state index in [4.69, 9.17) is 9.47 Å². The fourth-order valence-corrected chi connectivity index (χ4v) is 2.63. The third kappa shape index (κ3) is 5.41. The first-order valence-corrected chi connectivity index (χ1v) is 7.96. The highest BCUT2D eigenvalue weighted by Gasteiger charge is 2.08. The molecular formula is C17H27NO2. The molecule has 1 aliphatic heterocycles. The summed E-state index contributed by atoms with van der Waals surface area (Å²) in [5, 5.41) is 0. The van der Waals surface area contributed by atoms with Crippen molar-refractivity contribution in [3.63, 3.8) is 0 Å². The molecule has 0 saturated carbocycles. The van der Waals surface area contributed by atoms with Crippen LogP contribution in [-0.2, 0) is 0 Å². The van der Waals surface area contributed by atoms with E-state index in [1.807, 2.05) is 31.2 Å². The van der Waals surface area contributed by atoms with Crippen LogP contribution in [-0.4, -0.2) is 37.7 Å². The SMILES string of the molecule is CCOc1cccc(OCCCCN2CCCCC2)c1. The van der Waals surface area contributed by atoms with E-state index in [9.17, 15) is 0 Å². The maximum atomic E-state index is 5.78. The van der Waals surface area contributed by atoms with Crippen LogP contribution >= 0.6 is 0 Å². The number of unbranched alkanes of at least 4 members (excludes halogenated alkanes) is 1. The van der Waals surface area contributed by atoms with Gasteiger partial charge in [-0.05, 0) is 64.4 Å². The van der Waals surface area contributed by atoms with Gasteiger partial charge in [-0.25, -0.2) is 0 Å². The topological polar surface area (TPSA) is 21.7 Å². The van der Waals surface area contributed by atoms with Crippen molar-refractivity contribution in [3.05, 3.63) is 24.3 Å². The molecule has 20 heavy (non-hydrogen) atoms. The van der Waals surface area contributed by atoms with Gasteiger partial charge in [-0.1, -0.05) is 12.5 Å². The summed E-state index contributed by atoms with van der Waals surface area (Å²) in [5.74, 6) is 1.80. The second-order valence-corrected chi connectivity index (χ2v) is 5.37. The zero-order chi connectivity index (χ0) is 14.0. The van der Waals surface area contributed by atoms with E-state index >= 15 is 0 Å². The summed E-state index contributed by atoms with van der Waals surface area (Å²) in [6.45, 7) is 7.29. The van der Waals surface area contributed by atoms with Gasteiger partial charge in [0.2, 0.25) is 0 Å². The molecule has 1 aliphatic rings. The third-order valence-electron chi connectivity index (χ3n) is 3.70. The van der Waals surface area contributed by atoms with Crippen LogP contribution in [0.4, 0.5) is 0 Å². The van der Waals surface area contributed by atoms with Crippen LogP contribution in [0.3, 0.4) is 0 Å². The molecule has 1 aromatic rings. The molecule has 0 atom stereocenters. The predicted octanol–water partition coefficient (Wildman–Crippen LogP) is 3.73. The van der Waals surface area contributed by atoms with Crippen LogP contribution in [0.25, 0.3) is 0 Å². The average molecular weight is 277 g/mol. The highest BCUT2D eigenvalue weighted by atomic mass is 16.5. The highest BCUT2D eigenvalue weighted by molar-refractivity contribution is 5.32. The van der Waals surface area contributed by atoms with Gasteiger partial charge in [-0.3, -0.25) is 0 Å². The van der Waals surface area contributed by atoms with Gasteiger partial charge in [0, 0.05) is 6.07 Å². The van der Waals surface area contributed by atoms with Crippen molar-refractivity contribution in [1.82, 2.24) is 4.90 Å². The number of benzene rings is 1. The third-order valence-corrected chi connectivity index (χ3v) is 3.70. The molecule has 1 aromatic carbocycles. The summed E-state index contributed by atoms with van der Waals surface area (Å²) in [7, 11) is 0. The number of nitrogens with zero attached hydrogens (tertiary/aromatic N) is 1. The normalized spacial score (nSPS) is 16.1. The zero-order valence-corrected chi connectivity index (χ0v) is 12.6. The number of rotatable bonds is 8. The summed E-state index contributed by atoms with van der Waals surface area (Å²) >= 11 is 0. The van der Waals surface area contributed by atoms with Crippen LogP contribution in [0.15, 0.2) is 24.3 Å². The lowest BCUT2D eigenvalue weighted by Gasteiger charge is -2.26. The summed E-state index contributed by atoms with van der Waals surface area (Å²) in [4.78, 5) is 2.58. The van der Waals surface area contributed by atoms with Gasteiger partial charge in [0.25, 0.3) is 0 Å². The van der Waals surface area contributed by atoms with E-state index < -0.39 is 0 Å². The molecule has 0 amide bonds. The molecule has 0 N–H and O–H groups in total.